The average molecular weight is 389 g/mol. The summed E-state index contributed by atoms with van der Waals surface area (Å²) in [4.78, 5) is 49.6. The zero-order valence-electron chi connectivity index (χ0n) is 16.5. The highest BCUT2D eigenvalue weighted by Gasteiger charge is 2.49. The zero-order valence-corrected chi connectivity index (χ0v) is 16.5. The molecule has 152 valence electrons. The monoisotopic (exact) mass is 389 g/mol. The second kappa shape index (κ2) is 9.34. The minimum atomic E-state index is -1.02. The van der Waals surface area contributed by atoms with Gasteiger partial charge in [-0.05, 0) is 31.7 Å². The van der Waals surface area contributed by atoms with Gasteiger partial charge in [0.2, 0.25) is 0 Å². The Kier molecular flexibility index (Phi) is 7.14. The van der Waals surface area contributed by atoms with E-state index in [0.29, 0.717) is 25.8 Å². The van der Waals surface area contributed by atoms with Crippen LogP contribution in [-0.4, -0.2) is 53.4 Å². The molecule has 28 heavy (non-hydrogen) atoms. The second-order valence-electron chi connectivity index (χ2n) is 6.77. The lowest BCUT2D eigenvalue weighted by Gasteiger charge is -2.23. The normalized spacial score (nSPS) is 16.5. The number of benzene rings is 1. The zero-order chi connectivity index (χ0) is 20.7. The fourth-order valence-corrected chi connectivity index (χ4v) is 3.08. The van der Waals surface area contributed by atoms with E-state index in [2.05, 4.69) is 10.6 Å². The molecule has 1 saturated heterocycles. The van der Waals surface area contributed by atoms with Crippen LogP contribution in [0.2, 0.25) is 0 Å². The third-order valence-electron chi connectivity index (χ3n) is 4.97. The summed E-state index contributed by atoms with van der Waals surface area (Å²) in [5.41, 5.74) is 0.110. The third-order valence-corrected chi connectivity index (χ3v) is 4.97. The van der Waals surface area contributed by atoms with Gasteiger partial charge in [0.05, 0.1) is 0 Å². The van der Waals surface area contributed by atoms with Crippen LogP contribution in [0.4, 0.5) is 4.79 Å². The first-order valence-corrected chi connectivity index (χ1v) is 9.48. The van der Waals surface area contributed by atoms with Gasteiger partial charge in [-0.3, -0.25) is 19.3 Å². The number of carbonyl (C=O) groups is 4. The quantitative estimate of drug-likeness (QED) is 0.490. The Balaban J connectivity index is 1.81. The topological polar surface area (TPSA) is 105 Å². The molecular formula is C20H27N3O5. The number of urea groups is 1. The van der Waals surface area contributed by atoms with Crippen LogP contribution < -0.4 is 10.6 Å². The van der Waals surface area contributed by atoms with Crippen molar-refractivity contribution >= 4 is 23.8 Å². The molecule has 2 rings (SSSR count). The Morgan fingerprint density at radius 1 is 1.18 bits per heavy atom. The molecule has 8 nitrogen and oxygen atoms in total. The van der Waals surface area contributed by atoms with Crippen LogP contribution in [0.5, 0.6) is 0 Å². The molecule has 0 aromatic heterocycles. The number of nitrogens with one attached hydrogen (secondary N) is 2. The molecule has 1 aliphatic rings. The summed E-state index contributed by atoms with van der Waals surface area (Å²) >= 11 is 0. The first kappa shape index (κ1) is 21.4. The summed E-state index contributed by atoms with van der Waals surface area (Å²) in [5, 5.41) is 5.34. The van der Waals surface area contributed by atoms with Crippen molar-refractivity contribution in [2.45, 2.75) is 51.7 Å². The van der Waals surface area contributed by atoms with Crippen LogP contribution in [0, 0.1) is 0 Å². The number of ether oxygens (including phenoxy) is 1. The van der Waals surface area contributed by atoms with Crippen LogP contribution >= 0.6 is 0 Å². The molecule has 0 aliphatic carbocycles. The first-order valence-electron chi connectivity index (χ1n) is 9.48. The number of rotatable bonds is 9. The lowest BCUT2D eigenvalue weighted by Crippen LogP contribution is -2.46. The van der Waals surface area contributed by atoms with Gasteiger partial charge in [0, 0.05) is 6.54 Å². The van der Waals surface area contributed by atoms with E-state index in [9.17, 15) is 19.2 Å². The van der Waals surface area contributed by atoms with E-state index in [1.54, 1.807) is 13.8 Å². The smallest absolute Gasteiger partial charge is 0.327 e. The van der Waals surface area contributed by atoms with E-state index in [4.69, 9.17) is 4.74 Å². The van der Waals surface area contributed by atoms with Crippen molar-refractivity contribution in [2.75, 3.05) is 13.1 Å². The molecule has 0 unspecified atom stereocenters. The number of hydrogen-bond donors (Lipinski definition) is 2. The maximum absolute atomic E-state index is 12.5. The van der Waals surface area contributed by atoms with E-state index in [1.807, 2.05) is 30.3 Å². The second-order valence-corrected chi connectivity index (χ2v) is 6.77. The standard InChI is InChI=1S/C20H27N3O5/c1-4-20(5-2)18(26)23(19(27)22-20)13-16(24)28-14(3)17(25)21-12-11-15-9-7-6-8-10-15/h6-10,14H,4-5,11-13H2,1-3H3,(H,21,25)(H,22,27)/t14-/m0/s1. The maximum Gasteiger partial charge on any atom is 0.327 e. The number of carbonyl (C=O) groups excluding carboxylic acids is 4. The number of esters is 1. The van der Waals surface area contributed by atoms with Crippen molar-refractivity contribution in [3.63, 3.8) is 0 Å². The predicted octanol–water partition coefficient (Wildman–Crippen LogP) is 1.39. The SMILES string of the molecule is CCC1(CC)NC(=O)N(CC(=O)O[C@@H](C)C(=O)NCCc2ccccc2)C1=O. The van der Waals surface area contributed by atoms with Gasteiger partial charge < -0.3 is 15.4 Å². The largest absolute Gasteiger partial charge is 0.451 e. The maximum atomic E-state index is 12.5. The molecule has 1 heterocycles. The van der Waals surface area contributed by atoms with Crippen LogP contribution in [0.15, 0.2) is 30.3 Å². The van der Waals surface area contributed by atoms with Gasteiger partial charge in [0.1, 0.15) is 12.1 Å². The van der Waals surface area contributed by atoms with Crippen LogP contribution in [0.25, 0.3) is 0 Å². The molecule has 1 atom stereocenters. The molecule has 1 aromatic carbocycles. The fraction of sp³-hybridized carbons (Fsp3) is 0.500. The van der Waals surface area contributed by atoms with E-state index in [1.165, 1.54) is 6.92 Å². The fourth-order valence-electron chi connectivity index (χ4n) is 3.08. The highest BCUT2D eigenvalue weighted by molar-refractivity contribution is 6.08. The number of nitrogens with zero attached hydrogens (tertiary/aromatic N) is 1. The van der Waals surface area contributed by atoms with Crippen molar-refractivity contribution in [1.29, 1.82) is 0 Å². The van der Waals surface area contributed by atoms with Gasteiger partial charge >= 0.3 is 12.0 Å². The van der Waals surface area contributed by atoms with E-state index in [0.717, 1.165) is 10.5 Å². The van der Waals surface area contributed by atoms with Crippen LogP contribution in [0.1, 0.15) is 39.2 Å². The molecule has 0 spiro atoms. The molecule has 2 N–H and O–H groups in total. The van der Waals surface area contributed by atoms with Gasteiger partial charge in [0.25, 0.3) is 11.8 Å². The van der Waals surface area contributed by atoms with Gasteiger partial charge in [-0.1, -0.05) is 44.2 Å². The molecule has 1 aromatic rings. The van der Waals surface area contributed by atoms with E-state index < -0.39 is 42.0 Å². The van der Waals surface area contributed by atoms with Crippen molar-refractivity contribution in [1.82, 2.24) is 15.5 Å². The lowest BCUT2D eigenvalue weighted by atomic mass is 9.93. The van der Waals surface area contributed by atoms with Crippen molar-refractivity contribution in [3.05, 3.63) is 35.9 Å². The Labute approximate surface area is 164 Å². The summed E-state index contributed by atoms with van der Waals surface area (Å²) in [5.74, 6) is -1.69. The third kappa shape index (κ3) is 4.88. The van der Waals surface area contributed by atoms with Crippen LogP contribution in [-0.2, 0) is 25.5 Å². The molecular weight excluding hydrogens is 362 g/mol. The predicted molar refractivity (Wildman–Crippen MR) is 102 cm³/mol. The van der Waals surface area contributed by atoms with E-state index in [-0.39, 0.29) is 0 Å². The van der Waals surface area contributed by atoms with Gasteiger partial charge in [-0.2, -0.15) is 0 Å². The van der Waals surface area contributed by atoms with Crippen LogP contribution in [0.3, 0.4) is 0 Å². The Bertz CT molecular complexity index is 731. The summed E-state index contributed by atoms with van der Waals surface area (Å²) in [6, 6.07) is 9.05. The molecule has 0 radical (unpaired) electrons. The Hall–Kier alpha value is -2.90. The summed E-state index contributed by atoms with van der Waals surface area (Å²) in [7, 11) is 0. The van der Waals surface area contributed by atoms with Crippen molar-refractivity contribution in [2.24, 2.45) is 0 Å². The summed E-state index contributed by atoms with van der Waals surface area (Å²) in [6.45, 7) is 4.93. The van der Waals surface area contributed by atoms with E-state index >= 15 is 0 Å². The molecule has 0 bridgehead atoms. The van der Waals surface area contributed by atoms with Crippen molar-refractivity contribution in [3.8, 4) is 0 Å². The molecule has 0 saturated carbocycles. The minimum Gasteiger partial charge on any atom is -0.451 e. The highest BCUT2D eigenvalue weighted by atomic mass is 16.5. The first-order chi connectivity index (χ1) is 13.3. The molecule has 8 heteroatoms. The van der Waals surface area contributed by atoms with Gasteiger partial charge in [0.15, 0.2) is 6.10 Å². The number of hydrogen-bond acceptors (Lipinski definition) is 5. The molecule has 1 fully saturated rings. The van der Waals surface area contributed by atoms with Crippen molar-refractivity contribution < 1.29 is 23.9 Å². The number of imide groups is 1. The lowest BCUT2D eigenvalue weighted by molar-refractivity contribution is -0.156. The molecule has 4 amide bonds. The van der Waals surface area contributed by atoms with Gasteiger partial charge in [-0.15, -0.1) is 0 Å². The summed E-state index contributed by atoms with van der Waals surface area (Å²) < 4.78 is 5.08. The van der Waals surface area contributed by atoms with Gasteiger partial charge in [-0.25, -0.2) is 4.79 Å². The summed E-state index contributed by atoms with van der Waals surface area (Å²) in [6.07, 6.45) is 0.497. The average Bonchev–Trinajstić information content (AvgIpc) is 2.93. The Morgan fingerprint density at radius 3 is 2.39 bits per heavy atom. The minimum absolute atomic E-state index is 0.410. The highest BCUT2D eigenvalue weighted by Crippen LogP contribution is 2.24. The molecule has 1 aliphatic heterocycles. The Morgan fingerprint density at radius 2 is 1.82 bits per heavy atom. The number of amides is 4.